The molecular weight excluding hydrogens is 302 g/mol. The maximum Gasteiger partial charge on any atom is 0.295 e. The van der Waals surface area contributed by atoms with Gasteiger partial charge in [-0.25, -0.2) is 8.78 Å². The van der Waals surface area contributed by atoms with Gasteiger partial charge >= 0.3 is 0 Å². The minimum absolute atomic E-state index is 0.130. The zero-order valence-electron chi connectivity index (χ0n) is 14.0. The van der Waals surface area contributed by atoms with Crippen LogP contribution < -0.4 is 0 Å². The molecule has 0 heterocycles. The monoisotopic (exact) mass is 330 g/mol. The van der Waals surface area contributed by atoms with E-state index in [0.29, 0.717) is 18.1 Å². The van der Waals surface area contributed by atoms with Gasteiger partial charge in [0.2, 0.25) is 0 Å². The first-order valence-electron chi connectivity index (χ1n) is 7.98. The van der Waals surface area contributed by atoms with E-state index in [1.165, 1.54) is 6.92 Å². The highest BCUT2D eigenvalue weighted by molar-refractivity contribution is 6.82. The quantitative estimate of drug-likeness (QED) is 0.669. The zero-order valence-corrected chi connectivity index (χ0v) is 15.0. The number of rotatable bonds is 9. The maximum absolute atomic E-state index is 14.6. The lowest BCUT2D eigenvalue weighted by atomic mass is 10.2. The van der Waals surface area contributed by atoms with E-state index in [-0.39, 0.29) is 6.61 Å². The molecule has 2 nitrogen and oxygen atoms in total. The van der Waals surface area contributed by atoms with Crippen molar-refractivity contribution in [2.75, 3.05) is 6.61 Å². The van der Waals surface area contributed by atoms with Gasteiger partial charge in [-0.05, 0) is 12.5 Å². The van der Waals surface area contributed by atoms with E-state index in [0.717, 1.165) is 5.56 Å². The highest BCUT2D eigenvalue weighted by Crippen LogP contribution is 2.42. The molecule has 0 bridgehead atoms. The second kappa shape index (κ2) is 7.66. The molecule has 0 aliphatic rings. The van der Waals surface area contributed by atoms with Crippen LogP contribution >= 0.6 is 0 Å². The summed E-state index contributed by atoms with van der Waals surface area (Å²) in [5.74, 6) is -3.24. The molecule has 5 heteroatoms. The molecule has 0 amide bonds. The first-order valence-corrected chi connectivity index (χ1v) is 10.6. The van der Waals surface area contributed by atoms with Crippen molar-refractivity contribution in [3.05, 3.63) is 35.9 Å². The van der Waals surface area contributed by atoms with Crippen molar-refractivity contribution in [1.29, 1.82) is 0 Å². The van der Waals surface area contributed by atoms with Gasteiger partial charge in [-0.2, -0.15) is 0 Å². The van der Waals surface area contributed by atoms with Crippen LogP contribution in [0.5, 0.6) is 0 Å². The number of alkyl halides is 2. The zero-order chi connectivity index (χ0) is 16.9. The summed E-state index contributed by atoms with van der Waals surface area (Å²) in [4.78, 5) is 0. The molecule has 0 aromatic heterocycles. The van der Waals surface area contributed by atoms with E-state index in [1.54, 1.807) is 0 Å². The highest BCUT2D eigenvalue weighted by atomic mass is 28.3. The Hall–Kier alpha value is -0.783. The summed E-state index contributed by atoms with van der Waals surface area (Å²) in [6.45, 7) is 6.43. The second-order valence-electron chi connectivity index (χ2n) is 6.10. The molecule has 0 fully saturated rings. The Morgan fingerprint density at radius 3 is 2.00 bits per heavy atom. The molecular formula is C17H28F2O2Si. The lowest BCUT2D eigenvalue weighted by molar-refractivity contribution is -0.171. The van der Waals surface area contributed by atoms with Gasteiger partial charge in [0, 0.05) is 0 Å². The van der Waals surface area contributed by atoms with Gasteiger partial charge in [-0.1, -0.05) is 69.2 Å². The Labute approximate surface area is 133 Å². The van der Waals surface area contributed by atoms with E-state index >= 15 is 0 Å². The third-order valence-electron chi connectivity index (χ3n) is 5.17. The van der Waals surface area contributed by atoms with E-state index in [1.807, 2.05) is 51.1 Å². The molecule has 1 N–H and O–H groups in total. The van der Waals surface area contributed by atoms with Crippen LogP contribution in [0.4, 0.5) is 8.78 Å². The third-order valence-corrected chi connectivity index (χ3v) is 11.7. The molecule has 0 spiro atoms. The average molecular weight is 330 g/mol. The van der Waals surface area contributed by atoms with Crippen molar-refractivity contribution in [2.24, 2.45) is 0 Å². The van der Waals surface area contributed by atoms with Gasteiger partial charge in [0.05, 0.1) is 14.7 Å². The number of aliphatic hydroxyl groups is 1. The Morgan fingerprint density at radius 2 is 1.55 bits per heavy atom. The fraction of sp³-hybridized carbons (Fsp3) is 0.647. The van der Waals surface area contributed by atoms with E-state index in [9.17, 15) is 13.9 Å². The molecule has 1 rings (SSSR count). The van der Waals surface area contributed by atoms with Crippen molar-refractivity contribution in [2.45, 2.75) is 63.6 Å². The molecule has 0 aliphatic heterocycles. The van der Waals surface area contributed by atoms with E-state index < -0.39 is 25.8 Å². The van der Waals surface area contributed by atoms with E-state index in [2.05, 4.69) is 0 Å². The van der Waals surface area contributed by atoms with Gasteiger partial charge in [-0.3, -0.25) is 0 Å². The van der Waals surface area contributed by atoms with Crippen LogP contribution in [-0.2, 0) is 11.3 Å². The number of halogens is 2. The number of hydrogen-bond acceptors (Lipinski definition) is 2. The normalized spacial score (nSPS) is 15.6. The first kappa shape index (κ1) is 19.3. The van der Waals surface area contributed by atoms with Crippen LogP contribution in [0.15, 0.2) is 30.3 Å². The Bertz CT molecular complexity index is 437. The second-order valence-corrected chi connectivity index (χ2v) is 11.8. The molecule has 1 aromatic rings. The summed E-state index contributed by atoms with van der Waals surface area (Å²) in [7, 11) is -2.48. The molecule has 1 unspecified atom stereocenters. The Kier molecular flexibility index (Phi) is 6.71. The standard InChI is InChI=1S/C17H28F2O2Si/c1-5-22(6-2,7-3)16(4,20)17(18,19)14-21-13-15-11-9-8-10-12-15/h8-12,20H,5-7,13-14H2,1-4H3. The van der Waals surface area contributed by atoms with Gasteiger partial charge in [0.25, 0.3) is 5.92 Å². The molecule has 0 saturated carbocycles. The Balaban J connectivity index is 2.78. The minimum atomic E-state index is -3.24. The van der Waals surface area contributed by atoms with Crippen molar-refractivity contribution in [3.8, 4) is 0 Å². The van der Waals surface area contributed by atoms with E-state index in [4.69, 9.17) is 4.74 Å². The summed E-state index contributed by atoms with van der Waals surface area (Å²) in [6, 6.07) is 11.1. The van der Waals surface area contributed by atoms with Crippen molar-refractivity contribution in [1.82, 2.24) is 0 Å². The summed E-state index contributed by atoms with van der Waals surface area (Å²) in [5, 5.41) is 8.72. The lowest BCUT2D eigenvalue weighted by Gasteiger charge is -2.46. The molecule has 0 saturated heterocycles. The first-order chi connectivity index (χ1) is 10.3. The molecule has 0 aliphatic carbocycles. The van der Waals surface area contributed by atoms with Gasteiger partial charge < -0.3 is 9.84 Å². The Morgan fingerprint density at radius 1 is 1.05 bits per heavy atom. The predicted octanol–water partition coefficient (Wildman–Crippen LogP) is 4.64. The van der Waals surface area contributed by atoms with Crippen LogP contribution in [0, 0.1) is 0 Å². The van der Waals surface area contributed by atoms with Gasteiger partial charge in [-0.15, -0.1) is 0 Å². The molecule has 1 atom stereocenters. The van der Waals surface area contributed by atoms with Crippen molar-refractivity contribution in [3.63, 3.8) is 0 Å². The minimum Gasteiger partial charge on any atom is -0.387 e. The lowest BCUT2D eigenvalue weighted by Crippen LogP contribution is -2.66. The SMILES string of the molecule is CC[Si](CC)(CC)C(C)(O)C(F)(F)COCc1ccccc1. The fourth-order valence-electron chi connectivity index (χ4n) is 3.18. The maximum atomic E-state index is 14.6. The summed E-state index contributed by atoms with van der Waals surface area (Å²) < 4.78 is 34.5. The molecule has 0 radical (unpaired) electrons. The van der Waals surface area contributed by atoms with Crippen LogP contribution in [0.1, 0.15) is 33.3 Å². The topological polar surface area (TPSA) is 29.5 Å². The van der Waals surface area contributed by atoms with Crippen LogP contribution in [0.2, 0.25) is 18.1 Å². The number of hydrogen-bond donors (Lipinski definition) is 1. The smallest absolute Gasteiger partial charge is 0.295 e. The molecule has 22 heavy (non-hydrogen) atoms. The molecule has 1 aromatic carbocycles. The molecule has 126 valence electrons. The number of ether oxygens (including phenoxy) is 1. The fourth-order valence-corrected chi connectivity index (χ4v) is 7.60. The van der Waals surface area contributed by atoms with Crippen LogP contribution in [0.25, 0.3) is 0 Å². The average Bonchev–Trinajstić information content (AvgIpc) is 2.50. The van der Waals surface area contributed by atoms with Gasteiger partial charge in [0.15, 0.2) is 0 Å². The largest absolute Gasteiger partial charge is 0.387 e. The summed E-state index contributed by atoms with van der Waals surface area (Å²) >= 11 is 0. The number of benzene rings is 1. The summed E-state index contributed by atoms with van der Waals surface area (Å²) in [5.41, 5.74) is 0.850. The highest BCUT2D eigenvalue weighted by Gasteiger charge is 2.60. The third kappa shape index (κ3) is 3.75. The van der Waals surface area contributed by atoms with Crippen molar-refractivity contribution >= 4 is 8.07 Å². The summed E-state index contributed by atoms with van der Waals surface area (Å²) in [6.07, 6.45) is 0. The van der Waals surface area contributed by atoms with Crippen LogP contribution in [0.3, 0.4) is 0 Å². The van der Waals surface area contributed by atoms with Crippen LogP contribution in [-0.4, -0.2) is 30.9 Å². The predicted molar refractivity (Wildman–Crippen MR) is 88.9 cm³/mol. The van der Waals surface area contributed by atoms with Crippen molar-refractivity contribution < 1.29 is 18.6 Å². The van der Waals surface area contributed by atoms with Gasteiger partial charge in [0.1, 0.15) is 11.8 Å².